The highest BCUT2D eigenvalue weighted by Crippen LogP contribution is 2.33. The molecule has 0 radical (unpaired) electrons. The fourth-order valence-electron chi connectivity index (χ4n) is 2.07. The Hall–Kier alpha value is -1.38. The number of allylic oxidation sites excluding steroid dienone is 4. The zero-order chi connectivity index (χ0) is 20.9. The fourth-order valence-corrected chi connectivity index (χ4v) is 4.67. The van der Waals surface area contributed by atoms with Crippen LogP contribution in [0.5, 0.6) is 0 Å². The second kappa shape index (κ2) is 9.21. The molecule has 0 spiro atoms. The molecule has 0 aromatic heterocycles. The first-order valence-corrected chi connectivity index (χ1v) is 11.4. The van der Waals surface area contributed by atoms with Crippen LogP contribution in [-0.2, 0) is 10.1 Å². The van der Waals surface area contributed by atoms with Crippen molar-refractivity contribution in [3.05, 3.63) is 54.7 Å². The lowest BCUT2D eigenvalue weighted by atomic mass is 9.80. The minimum atomic E-state index is -6.09. The maximum Gasteiger partial charge on any atom is 0.485 e. The van der Waals surface area contributed by atoms with Crippen molar-refractivity contribution in [1.82, 2.24) is 0 Å². The molecular weight excluding hydrogens is 494 g/mol. The third-order valence-electron chi connectivity index (χ3n) is 3.56. The molecule has 0 N–H and O–H groups in total. The highest BCUT2D eigenvalue weighted by atomic mass is 127. The highest BCUT2D eigenvalue weighted by Gasteiger charge is 2.37. The molecule has 4 nitrogen and oxygen atoms in total. The number of nitrogens with zero attached hydrogens (tertiary/aromatic N) is 1. The first kappa shape index (κ1) is 23.7. The van der Waals surface area contributed by atoms with Gasteiger partial charge in [-0.15, -0.1) is 0 Å². The van der Waals surface area contributed by atoms with Crippen molar-refractivity contribution >= 4 is 10.1 Å². The molecule has 0 saturated carbocycles. The summed E-state index contributed by atoms with van der Waals surface area (Å²) in [5.41, 5.74) is -3.04. The maximum atomic E-state index is 10.7. The summed E-state index contributed by atoms with van der Waals surface area (Å²) in [5.74, 6) is 0. The number of hydrogen-bond donors (Lipinski definition) is 0. The van der Waals surface area contributed by atoms with Crippen LogP contribution in [-0.4, -0.2) is 18.5 Å². The Morgan fingerprint density at radius 2 is 1.67 bits per heavy atom. The van der Waals surface area contributed by atoms with Gasteiger partial charge in [0.1, 0.15) is 0 Å². The molecule has 2 rings (SSSR count). The topological polar surface area (TPSA) is 81.0 Å². The van der Waals surface area contributed by atoms with Crippen molar-refractivity contribution in [3.63, 3.8) is 0 Å². The van der Waals surface area contributed by atoms with Gasteiger partial charge >= 0.3 is 26.7 Å². The van der Waals surface area contributed by atoms with Crippen LogP contribution in [0, 0.1) is 20.3 Å². The van der Waals surface area contributed by atoms with E-state index in [0.717, 1.165) is 18.4 Å². The van der Waals surface area contributed by atoms with Gasteiger partial charge < -0.3 is 4.55 Å². The summed E-state index contributed by atoms with van der Waals surface area (Å²) in [5, 5.41) is 9.41. The van der Waals surface area contributed by atoms with Crippen LogP contribution in [0.2, 0.25) is 0 Å². The number of alkyl halides is 3. The van der Waals surface area contributed by atoms with Gasteiger partial charge in [0.2, 0.25) is 0 Å². The van der Waals surface area contributed by atoms with Gasteiger partial charge in [-0.1, -0.05) is 50.6 Å². The van der Waals surface area contributed by atoms with Crippen molar-refractivity contribution in [1.29, 1.82) is 5.26 Å². The van der Waals surface area contributed by atoms with Crippen molar-refractivity contribution < 1.29 is 47.3 Å². The molecule has 0 fully saturated rings. The van der Waals surface area contributed by atoms with Crippen LogP contribution in [0.3, 0.4) is 0 Å². The molecule has 0 atom stereocenters. The lowest BCUT2D eigenvalue weighted by Crippen LogP contribution is -3.61. The second-order valence-electron chi connectivity index (χ2n) is 6.65. The Labute approximate surface area is 167 Å². The molecule has 1 aromatic carbocycles. The Bertz CT molecular complexity index is 862. The lowest BCUT2D eigenvalue weighted by Gasteiger charge is -2.25. The molecule has 9 heteroatoms. The van der Waals surface area contributed by atoms with Gasteiger partial charge in [0, 0.05) is 12.8 Å². The summed E-state index contributed by atoms with van der Waals surface area (Å²) in [4.78, 5) is 0. The van der Waals surface area contributed by atoms with E-state index in [1.54, 1.807) is 0 Å². The summed E-state index contributed by atoms with van der Waals surface area (Å²) in [7, 11) is -6.09. The van der Waals surface area contributed by atoms with Gasteiger partial charge in [-0.05, 0) is 17.5 Å². The molecule has 27 heavy (non-hydrogen) atoms. The van der Waals surface area contributed by atoms with E-state index in [9.17, 15) is 18.4 Å². The Morgan fingerprint density at radius 3 is 2.07 bits per heavy atom. The highest BCUT2D eigenvalue weighted by molar-refractivity contribution is 7.86. The van der Waals surface area contributed by atoms with Crippen molar-refractivity contribution in [2.24, 2.45) is 5.41 Å². The normalized spacial score (nSPS) is 15.4. The monoisotopic (exact) mass is 513 g/mol. The predicted molar refractivity (Wildman–Crippen MR) is 90.3 cm³/mol. The summed E-state index contributed by atoms with van der Waals surface area (Å²) in [6.45, 7) is 6.68. The van der Waals surface area contributed by atoms with Gasteiger partial charge in [-0.3, -0.25) is 0 Å². The molecule has 1 aromatic rings. The fraction of sp³-hybridized carbons (Fsp3) is 0.389. The molecule has 0 bridgehead atoms. The summed E-state index contributed by atoms with van der Waals surface area (Å²) in [6, 6.07) is 13.0. The second-order valence-corrected chi connectivity index (χ2v) is 11.1. The van der Waals surface area contributed by atoms with Crippen molar-refractivity contribution in [2.45, 2.75) is 39.1 Å². The molecule has 0 saturated heterocycles. The summed E-state index contributed by atoms with van der Waals surface area (Å²) in [6.07, 6.45) is 4.17. The molecule has 0 heterocycles. The first-order chi connectivity index (χ1) is 12.3. The van der Waals surface area contributed by atoms with E-state index in [4.69, 9.17) is 13.0 Å². The van der Waals surface area contributed by atoms with E-state index < -0.39 is 15.6 Å². The number of halogens is 4. The van der Waals surface area contributed by atoms with Gasteiger partial charge in [0.15, 0.2) is 17.3 Å². The largest absolute Gasteiger partial charge is 0.741 e. The maximum absolute atomic E-state index is 10.7. The number of benzene rings is 1. The number of nitriles is 1. The standard InChI is InChI=1S/C17H19IN.CHF3O3S/c1-17(2,3)14-9-10-16(13(11-14)12-19)18-15-7-5-4-6-8-15;2-1(3,4)8(5,6)7/h4-9H,10-11H2,1-3H3;(H,5,6,7)/q+1;/p-1. The minimum Gasteiger partial charge on any atom is -0.741 e. The Morgan fingerprint density at radius 1 is 1.15 bits per heavy atom. The zero-order valence-corrected chi connectivity index (χ0v) is 17.9. The Balaban J connectivity index is 0.000000387. The third kappa shape index (κ3) is 7.63. The van der Waals surface area contributed by atoms with E-state index >= 15 is 0 Å². The van der Waals surface area contributed by atoms with Gasteiger partial charge in [0.25, 0.3) is 0 Å². The molecular formula is C18H19F3INO3S. The van der Waals surface area contributed by atoms with E-state index in [2.05, 4.69) is 57.2 Å². The summed E-state index contributed by atoms with van der Waals surface area (Å²) >= 11 is -0.185. The summed E-state index contributed by atoms with van der Waals surface area (Å²) < 4.78 is 61.7. The molecule has 0 aliphatic heterocycles. The van der Waals surface area contributed by atoms with Crippen molar-refractivity contribution in [3.8, 4) is 6.07 Å². The average molecular weight is 513 g/mol. The zero-order valence-electron chi connectivity index (χ0n) is 15.0. The third-order valence-corrected chi connectivity index (χ3v) is 7.21. The first-order valence-electron chi connectivity index (χ1n) is 7.79. The number of rotatable bonds is 2. The van der Waals surface area contributed by atoms with Crippen LogP contribution < -0.4 is 21.2 Å². The van der Waals surface area contributed by atoms with Crippen LogP contribution in [0.4, 0.5) is 13.2 Å². The molecule has 1 aliphatic carbocycles. The van der Waals surface area contributed by atoms with Gasteiger partial charge in [0.05, 0.1) is 11.6 Å². The molecule has 0 amide bonds. The smallest absolute Gasteiger partial charge is 0.485 e. The predicted octanol–water partition coefficient (Wildman–Crippen LogP) is 1.54. The van der Waals surface area contributed by atoms with Crippen LogP contribution in [0.25, 0.3) is 0 Å². The van der Waals surface area contributed by atoms with E-state index in [0.29, 0.717) is 0 Å². The van der Waals surface area contributed by atoms with Crippen LogP contribution in [0.15, 0.2) is 51.1 Å². The van der Waals surface area contributed by atoms with Crippen molar-refractivity contribution in [2.75, 3.05) is 0 Å². The minimum absolute atomic E-state index is 0.179. The van der Waals surface area contributed by atoms with Crippen LogP contribution >= 0.6 is 0 Å². The van der Waals surface area contributed by atoms with E-state index in [1.165, 1.54) is 12.7 Å². The molecule has 148 valence electrons. The van der Waals surface area contributed by atoms with Gasteiger partial charge in [-0.2, -0.15) is 18.4 Å². The lowest BCUT2D eigenvalue weighted by molar-refractivity contribution is -0.578. The van der Waals surface area contributed by atoms with E-state index in [-0.39, 0.29) is 26.6 Å². The average Bonchev–Trinajstić information content (AvgIpc) is 2.54. The Kier molecular flexibility index (Phi) is 8.07. The SMILES string of the molecule is CC(C)(C)C1=CCC([I+]c2ccccc2)=C(C#N)C1.O=S(=O)([O-])C(F)(F)F. The molecule has 0 unspecified atom stereocenters. The van der Waals surface area contributed by atoms with E-state index in [1.807, 2.05) is 6.07 Å². The number of hydrogen-bond acceptors (Lipinski definition) is 4. The van der Waals surface area contributed by atoms with Gasteiger partial charge in [-0.25, -0.2) is 8.42 Å². The van der Waals surface area contributed by atoms with Crippen LogP contribution in [0.1, 0.15) is 33.6 Å². The quantitative estimate of drug-likeness (QED) is 0.260. The molecule has 1 aliphatic rings.